The van der Waals surface area contributed by atoms with Crippen LogP contribution in [0, 0.1) is 0 Å². The zero-order valence-electron chi connectivity index (χ0n) is 10.3. The standard InChI is InChI=1S/C13H8Cl2N2O4/c14-7-4-6(13(20)21)5-8(15)11(7)17-12(19)9-2-1-3-10(18)16-9/h1-5H,(H,16,18)(H,17,19)(H,20,21). The van der Waals surface area contributed by atoms with Gasteiger partial charge in [0.1, 0.15) is 5.69 Å². The highest BCUT2D eigenvalue weighted by Gasteiger charge is 2.15. The summed E-state index contributed by atoms with van der Waals surface area (Å²) >= 11 is 11.8. The third-order valence-corrected chi connectivity index (χ3v) is 3.14. The van der Waals surface area contributed by atoms with Gasteiger partial charge in [-0.05, 0) is 18.2 Å². The quantitative estimate of drug-likeness (QED) is 0.807. The maximum Gasteiger partial charge on any atom is 0.335 e. The highest BCUT2D eigenvalue weighted by atomic mass is 35.5. The van der Waals surface area contributed by atoms with Gasteiger partial charge in [0.05, 0.1) is 21.3 Å². The number of amides is 1. The maximum atomic E-state index is 12.0. The molecule has 0 radical (unpaired) electrons. The first kappa shape index (κ1) is 15.1. The normalized spacial score (nSPS) is 10.2. The summed E-state index contributed by atoms with van der Waals surface area (Å²) < 4.78 is 0. The van der Waals surface area contributed by atoms with Gasteiger partial charge in [0, 0.05) is 6.07 Å². The molecule has 0 fully saturated rings. The number of benzene rings is 1. The first-order valence-corrected chi connectivity index (χ1v) is 6.37. The van der Waals surface area contributed by atoms with Crippen molar-refractivity contribution in [2.75, 3.05) is 5.32 Å². The number of carboxylic acid groups (broad SMARTS) is 1. The summed E-state index contributed by atoms with van der Waals surface area (Å²) in [5, 5.41) is 11.2. The lowest BCUT2D eigenvalue weighted by Crippen LogP contribution is -2.18. The maximum absolute atomic E-state index is 12.0. The minimum Gasteiger partial charge on any atom is -0.478 e. The molecule has 0 aliphatic heterocycles. The van der Waals surface area contributed by atoms with E-state index < -0.39 is 17.4 Å². The minimum atomic E-state index is -1.19. The number of hydrogen-bond donors (Lipinski definition) is 3. The smallest absolute Gasteiger partial charge is 0.335 e. The summed E-state index contributed by atoms with van der Waals surface area (Å²) in [5.74, 6) is -1.82. The van der Waals surface area contributed by atoms with Gasteiger partial charge in [0.25, 0.3) is 5.91 Å². The van der Waals surface area contributed by atoms with Gasteiger partial charge in [-0.25, -0.2) is 4.79 Å². The van der Waals surface area contributed by atoms with E-state index in [-0.39, 0.29) is 27.0 Å². The summed E-state index contributed by atoms with van der Waals surface area (Å²) in [4.78, 5) is 36.3. The number of carbonyl (C=O) groups excluding carboxylic acids is 1. The molecule has 2 rings (SSSR count). The molecule has 0 atom stereocenters. The topological polar surface area (TPSA) is 99.3 Å². The number of aromatic nitrogens is 1. The van der Waals surface area contributed by atoms with Crippen LogP contribution in [0.2, 0.25) is 10.0 Å². The van der Waals surface area contributed by atoms with E-state index in [4.69, 9.17) is 28.3 Å². The van der Waals surface area contributed by atoms with Crippen molar-refractivity contribution in [3.8, 4) is 0 Å². The molecule has 1 heterocycles. The lowest BCUT2D eigenvalue weighted by Gasteiger charge is -2.10. The van der Waals surface area contributed by atoms with Gasteiger partial charge >= 0.3 is 5.97 Å². The summed E-state index contributed by atoms with van der Waals surface area (Å²) in [7, 11) is 0. The van der Waals surface area contributed by atoms with Crippen LogP contribution in [0.4, 0.5) is 5.69 Å². The second-order valence-corrected chi connectivity index (χ2v) is 4.82. The summed E-state index contributed by atoms with van der Waals surface area (Å²) in [6.45, 7) is 0. The van der Waals surface area contributed by atoms with Crippen molar-refractivity contribution < 1.29 is 14.7 Å². The van der Waals surface area contributed by atoms with Crippen LogP contribution in [0.1, 0.15) is 20.8 Å². The molecule has 6 nitrogen and oxygen atoms in total. The van der Waals surface area contributed by atoms with Crippen LogP contribution in [0.3, 0.4) is 0 Å². The van der Waals surface area contributed by atoms with E-state index >= 15 is 0 Å². The summed E-state index contributed by atoms with van der Waals surface area (Å²) in [5.41, 5.74) is -0.438. The van der Waals surface area contributed by atoms with Gasteiger partial charge in [-0.2, -0.15) is 0 Å². The van der Waals surface area contributed by atoms with E-state index in [0.717, 1.165) is 0 Å². The fraction of sp³-hybridized carbons (Fsp3) is 0. The molecule has 0 saturated heterocycles. The van der Waals surface area contributed by atoms with E-state index in [9.17, 15) is 14.4 Å². The molecular formula is C13H8Cl2N2O4. The van der Waals surface area contributed by atoms with Crippen molar-refractivity contribution in [2.45, 2.75) is 0 Å². The summed E-state index contributed by atoms with van der Waals surface area (Å²) in [6, 6.07) is 6.42. The first-order valence-electron chi connectivity index (χ1n) is 5.61. The fourth-order valence-corrected chi connectivity index (χ4v) is 2.16. The lowest BCUT2D eigenvalue weighted by atomic mass is 10.2. The predicted octanol–water partition coefficient (Wildman–Crippen LogP) is 2.63. The third kappa shape index (κ3) is 3.42. The molecule has 0 saturated carbocycles. The monoisotopic (exact) mass is 326 g/mol. The van der Waals surface area contributed by atoms with Gasteiger partial charge in [0.2, 0.25) is 5.56 Å². The van der Waals surface area contributed by atoms with Gasteiger partial charge in [-0.3, -0.25) is 9.59 Å². The minimum absolute atomic E-state index is 0.0217. The van der Waals surface area contributed by atoms with E-state index in [1.165, 1.54) is 30.3 Å². The molecule has 0 aliphatic carbocycles. The number of halogens is 2. The Morgan fingerprint density at radius 3 is 2.29 bits per heavy atom. The lowest BCUT2D eigenvalue weighted by molar-refractivity contribution is 0.0696. The van der Waals surface area contributed by atoms with E-state index in [1.54, 1.807) is 0 Å². The van der Waals surface area contributed by atoms with E-state index in [1.807, 2.05) is 0 Å². The molecule has 108 valence electrons. The van der Waals surface area contributed by atoms with Crippen molar-refractivity contribution in [3.05, 3.63) is 62.0 Å². The van der Waals surface area contributed by atoms with Crippen molar-refractivity contribution >= 4 is 40.8 Å². The number of nitrogens with one attached hydrogen (secondary N) is 2. The van der Waals surface area contributed by atoms with Gasteiger partial charge in [0.15, 0.2) is 0 Å². The largest absolute Gasteiger partial charge is 0.478 e. The average molecular weight is 327 g/mol. The number of hydrogen-bond acceptors (Lipinski definition) is 3. The van der Waals surface area contributed by atoms with Crippen molar-refractivity contribution in [2.24, 2.45) is 0 Å². The Hall–Kier alpha value is -2.31. The Kier molecular flexibility index (Phi) is 4.30. The molecule has 8 heteroatoms. The number of carboxylic acids is 1. The number of H-pyrrole nitrogens is 1. The fourth-order valence-electron chi connectivity index (χ4n) is 1.58. The van der Waals surface area contributed by atoms with Crippen molar-refractivity contribution in [1.29, 1.82) is 0 Å². The molecule has 1 amide bonds. The van der Waals surface area contributed by atoms with Crippen LogP contribution in [0.5, 0.6) is 0 Å². The van der Waals surface area contributed by atoms with Crippen molar-refractivity contribution in [1.82, 2.24) is 4.98 Å². The van der Waals surface area contributed by atoms with Crippen LogP contribution in [-0.2, 0) is 0 Å². The third-order valence-electron chi connectivity index (χ3n) is 2.54. The second-order valence-electron chi connectivity index (χ2n) is 4.00. The van der Waals surface area contributed by atoms with Gasteiger partial charge < -0.3 is 15.4 Å². The predicted molar refractivity (Wildman–Crippen MR) is 78.4 cm³/mol. The molecule has 0 unspecified atom stereocenters. The zero-order chi connectivity index (χ0) is 15.6. The Bertz CT molecular complexity index is 763. The molecule has 0 spiro atoms. The Balaban J connectivity index is 2.34. The van der Waals surface area contributed by atoms with Crippen LogP contribution in [0.15, 0.2) is 35.1 Å². The van der Waals surface area contributed by atoms with Crippen LogP contribution in [-0.4, -0.2) is 22.0 Å². The molecule has 0 aliphatic rings. The molecular weight excluding hydrogens is 319 g/mol. The number of aromatic amines is 1. The number of pyridine rings is 1. The molecule has 1 aromatic carbocycles. The Morgan fingerprint density at radius 2 is 1.76 bits per heavy atom. The van der Waals surface area contributed by atoms with E-state index in [2.05, 4.69) is 10.3 Å². The first-order chi connectivity index (χ1) is 9.88. The van der Waals surface area contributed by atoms with E-state index in [0.29, 0.717) is 0 Å². The van der Waals surface area contributed by atoms with Crippen molar-refractivity contribution in [3.63, 3.8) is 0 Å². The van der Waals surface area contributed by atoms with Crippen LogP contribution >= 0.6 is 23.2 Å². The number of carbonyl (C=O) groups is 2. The second kappa shape index (κ2) is 5.99. The zero-order valence-corrected chi connectivity index (χ0v) is 11.8. The number of aromatic carboxylic acids is 1. The van der Waals surface area contributed by atoms with Gasteiger partial charge in [-0.15, -0.1) is 0 Å². The van der Waals surface area contributed by atoms with Crippen LogP contribution in [0.25, 0.3) is 0 Å². The van der Waals surface area contributed by atoms with Gasteiger partial charge in [-0.1, -0.05) is 29.3 Å². The highest BCUT2D eigenvalue weighted by molar-refractivity contribution is 6.40. The molecule has 21 heavy (non-hydrogen) atoms. The highest BCUT2D eigenvalue weighted by Crippen LogP contribution is 2.32. The number of anilines is 1. The molecule has 3 N–H and O–H groups in total. The molecule has 2 aromatic rings. The number of rotatable bonds is 3. The SMILES string of the molecule is O=C(O)c1cc(Cl)c(NC(=O)c2cccc(=O)[nH]2)c(Cl)c1. The van der Waals surface area contributed by atoms with Crippen LogP contribution < -0.4 is 10.9 Å². The Labute approximate surface area is 128 Å². The molecule has 0 bridgehead atoms. The summed E-state index contributed by atoms with van der Waals surface area (Å²) in [6.07, 6.45) is 0. The Morgan fingerprint density at radius 1 is 1.14 bits per heavy atom. The average Bonchev–Trinajstić information content (AvgIpc) is 2.42. The molecule has 1 aromatic heterocycles.